The summed E-state index contributed by atoms with van der Waals surface area (Å²) in [5, 5.41) is 8.94. The van der Waals surface area contributed by atoms with Crippen LogP contribution in [0, 0.1) is 11.8 Å². The van der Waals surface area contributed by atoms with Crippen molar-refractivity contribution >= 4 is 0 Å². The maximum absolute atomic E-state index is 8.94. The first kappa shape index (κ1) is 11.8. The number of aliphatic hydroxyl groups excluding tert-OH is 1. The molecule has 1 aromatic carbocycles. The molecule has 0 saturated carbocycles. The molecule has 1 rings (SSSR count). The Morgan fingerprint density at radius 2 is 2.00 bits per heavy atom. The van der Waals surface area contributed by atoms with Crippen LogP contribution in [0.2, 0.25) is 0 Å². The highest BCUT2D eigenvalue weighted by Crippen LogP contribution is 1.99. The maximum Gasteiger partial charge on any atom is 0.108 e. The normalized spacial score (nSPS) is 11.6. The molecule has 0 radical (unpaired) electrons. The van der Waals surface area contributed by atoms with E-state index in [0.29, 0.717) is 19.6 Å². The van der Waals surface area contributed by atoms with E-state index >= 15 is 0 Å². The quantitative estimate of drug-likeness (QED) is 0.600. The summed E-state index contributed by atoms with van der Waals surface area (Å²) in [6.45, 7) is 2.73. The van der Waals surface area contributed by atoms with Crippen molar-refractivity contribution in [2.45, 2.75) is 26.1 Å². The Balaban J connectivity index is 2.14. The number of ether oxygens (including phenoxy) is 1. The third-order valence-electron chi connectivity index (χ3n) is 1.81. The second kappa shape index (κ2) is 7.05. The molecule has 0 heterocycles. The van der Waals surface area contributed by atoms with E-state index in [1.807, 2.05) is 30.3 Å². The van der Waals surface area contributed by atoms with Crippen LogP contribution in [0.1, 0.15) is 18.9 Å². The van der Waals surface area contributed by atoms with Crippen molar-refractivity contribution in [2.75, 3.05) is 6.61 Å². The summed E-state index contributed by atoms with van der Waals surface area (Å²) in [6, 6.07) is 9.98. The van der Waals surface area contributed by atoms with Crippen LogP contribution in [0.5, 0.6) is 0 Å². The molecule has 0 aliphatic heterocycles. The number of hydrogen-bond donors (Lipinski definition) is 1. The molecule has 0 saturated heterocycles. The van der Waals surface area contributed by atoms with Gasteiger partial charge in [-0.2, -0.15) is 0 Å². The van der Waals surface area contributed by atoms with E-state index in [1.54, 1.807) is 6.92 Å². The Bertz CT molecular complexity index is 319. The van der Waals surface area contributed by atoms with Gasteiger partial charge in [-0.05, 0) is 12.5 Å². The molecule has 2 nitrogen and oxygen atoms in total. The van der Waals surface area contributed by atoms with Crippen molar-refractivity contribution in [1.29, 1.82) is 0 Å². The topological polar surface area (TPSA) is 29.5 Å². The van der Waals surface area contributed by atoms with Crippen LogP contribution < -0.4 is 0 Å². The summed E-state index contributed by atoms with van der Waals surface area (Å²) in [4.78, 5) is 0. The number of aliphatic hydroxyl groups is 1. The van der Waals surface area contributed by atoms with E-state index in [1.165, 1.54) is 0 Å². The zero-order valence-electron chi connectivity index (χ0n) is 8.94. The molecule has 80 valence electrons. The molecule has 1 aromatic rings. The molecule has 2 heteroatoms. The molecule has 0 aliphatic rings. The van der Waals surface area contributed by atoms with E-state index in [2.05, 4.69) is 11.8 Å². The van der Waals surface area contributed by atoms with Crippen LogP contribution in [0.3, 0.4) is 0 Å². The van der Waals surface area contributed by atoms with Crippen LogP contribution in [0.15, 0.2) is 30.3 Å². The van der Waals surface area contributed by atoms with E-state index in [9.17, 15) is 0 Å². The van der Waals surface area contributed by atoms with Crippen molar-refractivity contribution in [1.82, 2.24) is 0 Å². The van der Waals surface area contributed by atoms with Crippen molar-refractivity contribution in [3.63, 3.8) is 0 Å². The van der Waals surface area contributed by atoms with Gasteiger partial charge in [-0.25, -0.2) is 0 Å². The summed E-state index contributed by atoms with van der Waals surface area (Å²) in [5.41, 5.74) is 1.15. The predicted molar refractivity (Wildman–Crippen MR) is 60.2 cm³/mol. The molecule has 0 amide bonds. The van der Waals surface area contributed by atoms with Gasteiger partial charge < -0.3 is 9.84 Å². The summed E-state index contributed by atoms with van der Waals surface area (Å²) in [5.74, 6) is 5.70. The van der Waals surface area contributed by atoms with Gasteiger partial charge in [0.2, 0.25) is 0 Å². The molecule has 0 aliphatic carbocycles. The maximum atomic E-state index is 8.94. The molecule has 1 N–H and O–H groups in total. The van der Waals surface area contributed by atoms with E-state index in [0.717, 1.165) is 5.56 Å². The molecule has 0 bridgehead atoms. The van der Waals surface area contributed by atoms with Crippen molar-refractivity contribution in [3.8, 4) is 11.8 Å². The second-order valence-corrected chi connectivity index (χ2v) is 3.39. The van der Waals surface area contributed by atoms with Gasteiger partial charge >= 0.3 is 0 Å². The minimum absolute atomic E-state index is 0.355. The molecular formula is C13H16O2. The monoisotopic (exact) mass is 204 g/mol. The fraction of sp³-hybridized carbons (Fsp3) is 0.385. The smallest absolute Gasteiger partial charge is 0.108 e. The number of rotatable bonds is 4. The summed E-state index contributed by atoms with van der Waals surface area (Å²) >= 11 is 0. The van der Waals surface area contributed by atoms with Crippen molar-refractivity contribution < 1.29 is 9.84 Å². The largest absolute Gasteiger partial charge is 0.392 e. The van der Waals surface area contributed by atoms with Crippen LogP contribution in [-0.2, 0) is 11.3 Å². The van der Waals surface area contributed by atoms with Gasteiger partial charge in [0.15, 0.2) is 0 Å². The lowest BCUT2D eigenvalue weighted by atomic mass is 10.2. The summed E-state index contributed by atoms with van der Waals surface area (Å²) < 4.78 is 5.35. The van der Waals surface area contributed by atoms with Crippen molar-refractivity contribution in [2.24, 2.45) is 0 Å². The van der Waals surface area contributed by atoms with Gasteiger partial charge in [-0.1, -0.05) is 42.2 Å². The lowest BCUT2D eigenvalue weighted by Crippen LogP contribution is -1.97. The Labute approximate surface area is 90.9 Å². The predicted octanol–water partition coefficient (Wildman–Crippen LogP) is 1.98. The Kier molecular flexibility index (Phi) is 5.54. The van der Waals surface area contributed by atoms with Gasteiger partial charge in [0.1, 0.15) is 6.61 Å². The van der Waals surface area contributed by atoms with Gasteiger partial charge in [0.25, 0.3) is 0 Å². The lowest BCUT2D eigenvalue weighted by Gasteiger charge is -1.99. The fourth-order valence-corrected chi connectivity index (χ4v) is 1.07. The van der Waals surface area contributed by atoms with Crippen molar-refractivity contribution in [3.05, 3.63) is 35.9 Å². The first-order valence-electron chi connectivity index (χ1n) is 5.04. The van der Waals surface area contributed by atoms with Gasteiger partial charge in [-0.15, -0.1) is 0 Å². The van der Waals surface area contributed by atoms with Crippen LogP contribution in [0.25, 0.3) is 0 Å². The zero-order chi connectivity index (χ0) is 10.9. The third kappa shape index (κ3) is 5.90. The average molecular weight is 204 g/mol. The molecular weight excluding hydrogens is 188 g/mol. The highest BCUT2D eigenvalue weighted by atomic mass is 16.5. The number of hydrogen-bond acceptors (Lipinski definition) is 2. The van der Waals surface area contributed by atoms with Crippen LogP contribution in [-0.4, -0.2) is 17.8 Å². The highest BCUT2D eigenvalue weighted by Gasteiger charge is 1.90. The minimum Gasteiger partial charge on any atom is -0.392 e. The lowest BCUT2D eigenvalue weighted by molar-refractivity contribution is 0.153. The molecule has 0 unspecified atom stereocenters. The Morgan fingerprint density at radius 1 is 1.27 bits per heavy atom. The zero-order valence-corrected chi connectivity index (χ0v) is 8.94. The highest BCUT2D eigenvalue weighted by molar-refractivity contribution is 5.13. The van der Waals surface area contributed by atoms with Gasteiger partial charge in [-0.3, -0.25) is 0 Å². The summed E-state index contributed by atoms with van der Waals surface area (Å²) in [7, 11) is 0. The second-order valence-electron chi connectivity index (χ2n) is 3.39. The molecule has 0 spiro atoms. The van der Waals surface area contributed by atoms with Gasteiger partial charge in [0.05, 0.1) is 12.7 Å². The van der Waals surface area contributed by atoms with E-state index in [-0.39, 0.29) is 6.10 Å². The Morgan fingerprint density at radius 3 is 2.67 bits per heavy atom. The fourth-order valence-electron chi connectivity index (χ4n) is 1.07. The first-order valence-corrected chi connectivity index (χ1v) is 5.04. The molecule has 0 aromatic heterocycles. The molecule has 15 heavy (non-hydrogen) atoms. The molecule has 0 fully saturated rings. The number of benzene rings is 1. The van der Waals surface area contributed by atoms with Crippen LogP contribution >= 0.6 is 0 Å². The van der Waals surface area contributed by atoms with E-state index in [4.69, 9.17) is 9.84 Å². The Hall–Kier alpha value is -1.30. The minimum atomic E-state index is -0.355. The van der Waals surface area contributed by atoms with Gasteiger partial charge in [0, 0.05) is 6.42 Å². The first-order chi connectivity index (χ1) is 7.29. The van der Waals surface area contributed by atoms with Crippen LogP contribution in [0.4, 0.5) is 0 Å². The SMILES string of the molecule is C[C@H](O)CC#CCOCc1ccccc1. The standard InChI is InChI=1S/C13H16O2/c1-12(14)7-5-6-10-15-11-13-8-3-2-4-9-13/h2-4,8-9,12,14H,7,10-11H2,1H3/t12-/m0/s1. The average Bonchev–Trinajstić information content (AvgIpc) is 2.24. The van der Waals surface area contributed by atoms with E-state index < -0.39 is 0 Å². The summed E-state index contributed by atoms with van der Waals surface area (Å²) in [6.07, 6.45) is 0.154. The molecule has 1 atom stereocenters. The third-order valence-corrected chi connectivity index (χ3v) is 1.81.